The Morgan fingerprint density at radius 3 is 2.27 bits per heavy atom. The summed E-state index contributed by atoms with van der Waals surface area (Å²) in [6.07, 6.45) is 6.28. The van der Waals surface area contributed by atoms with E-state index < -0.39 is 11.2 Å². The van der Waals surface area contributed by atoms with Gasteiger partial charge in [-0.05, 0) is 12.8 Å². The lowest BCUT2D eigenvalue weighted by Crippen LogP contribution is -2.57. The molecule has 0 saturated heterocycles. The molecule has 1 amide bonds. The van der Waals surface area contributed by atoms with E-state index in [2.05, 4.69) is 10.2 Å². The molecule has 2 saturated carbocycles. The molecule has 0 aromatic heterocycles. The number of nitrogens with one attached hydrogen (secondary N) is 1. The lowest BCUT2D eigenvalue weighted by Gasteiger charge is -2.31. The maximum Gasteiger partial charge on any atom is 0.308 e. The molecule has 0 aliphatic heterocycles. The van der Waals surface area contributed by atoms with Crippen molar-refractivity contribution < 1.29 is 4.79 Å². The molecule has 2 aliphatic carbocycles. The summed E-state index contributed by atoms with van der Waals surface area (Å²) in [4.78, 5) is 15.4. The van der Waals surface area contributed by atoms with Crippen molar-refractivity contribution >= 4 is 5.91 Å². The lowest BCUT2D eigenvalue weighted by atomic mass is 9.82. The molecule has 3 N–H and O–H groups in total. The largest absolute Gasteiger partial charge is 0.317 e. The zero-order valence-corrected chi connectivity index (χ0v) is 8.88. The Morgan fingerprint density at radius 1 is 1.20 bits per heavy atom. The molecule has 0 aromatic rings. The maximum atomic E-state index is 12.0. The van der Waals surface area contributed by atoms with E-state index >= 15 is 0 Å². The van der Waals surface area contributed by atoms with Gasteiger partial charge in [0, 0.05) is 0 Å². The number of nitrogens with zero attached hydrogens (tertiary/aromatic N) is 1. The topological polar surface area (TPSA) is 59.5 Å². The van der Waals surface area contributed by atoms with Crippen LogP contribution in [-0.2, 0) is 4.79 Å². The number of hydrogen-bond acceptors (Lipinski definition) is 2. The van der Waals surface area contributed by atoms with E-state index in [1.807, 2.05) is 0 Å². The van der Waals surface area contributed by atoms with Gasteiger partial charge in [0.05, 0.1) is 18.4 Å². The van der Waals surface area contributed by atoms with Crippen LogP contribution in [0.1, 0.15) is 44.9 Å². The highest BCUT2D eigenvalue weighted by Crippen LogP contribution is 2.38. The van der Waals surface area contributed by atoms with Crippen LogP contribution in [-0.4, -0.2) is 17.1 Å². The third-order valence-electron chi connectivity index (χ3n) is 3.48. The summed E-state index contributed by atoms with van der Waals surface area (Å²) < 4.78 is 0. The zero-order chi connectivity index (χ0) is 10.9. The van der Waals surface area contributed by atoms with Crippen LogP contribution >= 0.6 is 0 Å². The Balaban J connectivity index is 1.98. The van der Waals surface area contributed by atoms with Crippen molar-refractivity contribution in [1.82, 2.24) is 5.32 Å². The van der Waals surface area contributed by atoms with Crippen molar-refractivity contribution in [2.75, 3.05) is 0 Å². The van der Waals surface area contributed by atoms with Crippen molar-refractivity contribution in [2.24, 2.45) is 5.73 Å². The first-order valence-electron chi connectivity index (χ1n) is 5.60. The minimum Gasteiger partial charge on any atom is -0.317 e. The summed E-state index contributed by atoms with van der Waals surface area (Å²) in [5, 5.41) is 2.81. The van der Waals surface area contributed by atoms with Crippen molar-refractivity contribution in [2.45, 2.75) is 56.1 Å². The van der Waals surface area contributed by atoms with Crippen LogP contribution in [0.25, 0.3) is 4.85 Å². The molecule has 82 valence electrons. The lowest BCUT2D eigenvalue weighted by molar-refractivity contribution is -0.128. The molecule has 4 nitrogen and oxygen atoms in total. The summed E-state index contributed by atoms with van der Waals surface area (Å²) in [6, 6.07) is 0. The standard InChI is InChI=1S/C11H17N3O/c1-13-11(7-8-11)14-9(15)10(12)5-3-2-4-6-10/h2-8,12H2,(H,14,15). The van der Waals surface area contributed by atoms with Crippen LogP contribution in [0.3, 0.4) is 0 Å². The Bertz CT molecular complexity index is 308. The monoisotopic (exact) mass is 207 g/mol. The van der Waals surface area contributed by atoms with Crippen LogP contribution in [0, 0.1) is 6.57 Å². The van der Waals surface area contributed by atoms with Crippen molar-refractivity contribution in [1.29, 1.82) is 0 Å². The van der Waals surface area contributed by atoms with E-state index in [-0.39, 0.29) is 5.91 Å². The van der Waals surface area contributed by atoms with Gasteiger partial charge in [0.25, 0.3) is 0 Å². The molecule has 0 radical (unpaired) electrons. The Labute approximate surface area is 90.0 Å². The van der Waals surface area contributed by atoms with Gasteiger partial charge in [-0.25, -0.2) is 6.57 Å². The summed E-state index contributed by atoms with van der Waals surface area (Å²) in [7, 11) is 0. The summed E-state index contributed by atoms with van der Waals surface area (Å²) in [5.74, 6) is -0.115. The summed E-state index contributed by atoms with van der Waals surface area (Å²) >= 11 is 0. The van der Waals surface area contributed by atoms with Gasteiger partial charge in [-0.15, -0.1) is 0 Å². The first-order chi connectivity index (χ1) is 7.10. The fourth-order valence-corrected chi connectivity index (χ4v) is 2.13. The molecular weight excluding hydrogens is 190 g/mol. The molecule has 0 atom stereocenters. The Kier molecular flexibility index (Phi) is 2.43. The maximum absolute atomic E-state index is 12.0. The van der Waals surface area contributed by atoms with Gasteiger partial charge in [-0.1, -0.05) is 19.3 Å². The van der Waals surface area contributed by atoms with Gasteiger partial charge < -0.3 is 5.73 Å². The molecule has 2 fully saturated rings. The molecule has 2 rings (SSSR count). The first kappa shape index (κ1) is 10.4. The van der Waals surface area contributed by atoms with Crippen LogP contribution in [0.15, 0.2) is 0 Å². The molecule has 0 spiro atoms. The van der Waals surface area contributed by atoms with E-state index in [1.54, 1.807) is 0 Å². The third kappa shape index (κ3) is 1.98. The second kappa shape index (κ2) is 3.49. The van der Waals surface area contributed by atoms with Gasteiger partial charge in [0.1, 0.15) is 0 Å². The predicted octanol–water partition coefficient (Wildman–Crippen LogP) is 1.17. The Hall–Kier alpha value is -1.08. The number of carbonyl (C=O) groups is 1. The molecular formula is C11H17N3O. The second-order valence-corrected chi connectivity index (χ2v) is 4.81. The van der Waals surface area contributed by atoms with Crippen LogP contribution < -0.4 is 11.1 Å². The summed E-state index contributed by atoms with van der Waals surface area (Å²) in [6.45, 7) is 7.01. The molecule has 0 aromatic carbocycles. The minimum atomic E-state index is -0.710. The van der Waals surface area contributed by atoms with Gasteiger partial charge in [0.15, 0.2) is 0 Å². The van der Waals surface area contributed by atoms with Crippen LogP contribution in [0.2, 0.25) is 0 Å². The average Bonchev–Trinajstić information content (AvgIpc) is 3.00. The minimum absolute atomic E-state index is 0.115. The number of hydrogen-bond donors (Lipinski definition) is 2. The molecule has 4 heteroatoms. The van der Waals surface area contributed by atoms with E-state index in [0.717, 1.165) is 38.5 Å². The number of amides is 1. The van der Waals surface area contributed by atoms with Crippen molar-refractivity contribution in [3.05, 3.63) is 11.4 Å². The number of nitrogens with two attached hydrogens (primary N) is 1. The molecule has 2 aliphatic rings. The zero-order valence-electron chi connectivity index (χ0n) is 8.88. The van der Waals surface area contributed by atoms with E-state index in [4.69, 9.17) is 12.3 Å². The number of rotatable bonds is 2. The molecule has 0 unspecified atom stereocenters. The smallest absolute Gasteiger partial charge is 0.308 e. The van der Waals surface area contributed by atoms with Crippen LogP contribution in [0.5, 0.6) is 0 Å². The van der Waals surface area contributed by atoms with E-state index in [0.29, 0.717) is 0 Å². The fourth-order valence-electron chi connectivity index (χ4n) is 2.13. The van der Waals surface area contributed by atoms with Gasteiger partial charge in [0.2, 0.25) is 5.91 Å². The average molecular weight is 207 g/mol. The SMILES string of the molecule is [C-]#[N+]C1(NC(=O)C2(N)CCCCC2)CC1. The highest BCUT2D eigenvalue weighted by molar-refractivity contribution is 5.87. The van der Waals surface area contributed by atoms with Crippen molar-refractivity contribution in [3.8, 4) is 0 Å². The van der Waals surface area contributed by atoms with Gasteiger partial charge in [-0.2, -0.15) is 0 Å². The van der Waals surface area contributed by atoms with Crippen molar-refractivity contribution in [3.63, 3.8) is 0 Å². The van der Waals surface area contributed by atoms with E-state index in [9.17, 15) is 4.79 Å². The molecule has 0 heterocycles. The highest BCUT2D eigenvalue weighted by Gasteiger charge is 2.54. The Morgan fingerprint density at radius 2 is 1.80 bits per heavy atom. The molecule has 15 heavy (non-hydrogen) atoms. The molecule has 0 bridgehead atoms. The fraction of sp³-hybridized carbons (Fsp3) is 0.818. The number of carbonyl (C=O) groups excluding carboxylic acids is 1. The van der Waals surface area contributed by atoms with Crippen LogP contribution in [0.4, 0.5) is 0 Å². The second-order valence-electron chi connectivity index (χ2n) is 4.81. The first-order valence-corrected chi connectivity index (χ1v) is 5.60. The normalized spacial score (nSPS) is 26.4. The summed E-state index contributed by atoms with van der Waals surface area (Å²) in [5.41, 5.74) is 4.77. The van der Waals surface area contributed by atoms with Gasteiger partial charge in [-0.3, -0.25) is 15.0 Å². The van der Waals surface area contributed by atoms with E-state index in [1.165, 1.54) is 6.42 Å². The van der Waals surface area contributed by atoms with Gasteiger partial charge >= 0.3 is 5.66 Å². The third-order valence-corrected chi connectivity index (χ3v) is 3.48. The highest BCUT2D eigenvalue weighted by atomic mass is 16.2. The predicted molar refractivity (Wildman–Crippen MR) is 56.7 cm³/mol. The quantitative estimate of drug-likeness (QED) is 0.668.